The minimum atomic E-state index is -2.61. The lowest BCUT2D eigenvalue weighted by molar-refractivity contribution is -0.0122. The molecule has 14 heavy (non-hydrogen) atoms. The van der Waals surface area contributed by atoms with Crippen molar-refractivity contribution in [1.29, 1.82) is 5.26 Å². The van der Waals surface area contributed by atoms with Gasteiger partial charge in [0, 0.05) is 12.8 Å². The highest BCUT2D eigenvalue weighted by molar-refractivity contribution is 9.11. The van der Waals surface area contributed by atoms with Crippen LogP contribution in [0.4, 0.5) is 8.78 Å². The third kappa shape index (κ3) is 1.57. The number of alkyl halides is 2. The number of nitriles is 1. The van der Waals surface area contributed by atoms with Gasteiger partial charge in [0.2, 0.25) is 0 Å². The van der Waals surface area contributed by atoms with Crippen LogP contribution < -0.4 is 0 Å². The lowest BCUT2D eigenvalue weighted by atomic mass is 9.91. The molecular weight excluding hydrogens is 272 g/mol. The highest BCUT2D eigenvalue weighted by atomic mass is 79.9. The van der Waals surface area contributed by atoms with Crippen molar-refractivity contribution in [2.24, 2.45) is 0 Å². The van der Waals surface area contributed by atoms with E-state index >= 15 is 0 Å². The summed E-state index contributed by atoms with van der Waals surface area (Å²) in [6, 6.07) is 2.05. The summed E-state index contributed by atoms with van der Waals surface area (Å²) < 4.78 is 26.8. The number of rotatable bonds is 0. The number of hydrogen-bond donors (Lipinski definition) is 0. The van der Waals surface area contributed by atoms with Gasteiger partial charge in [-0.25, -0.2) is 8.78 Å². The maximum atomic E-state index is 13.1. The van der Waals surface area contributed by atoms with Crippen LogP contribution in [0.15, 0.2) is 3.79 Å². The van der Waals surface area contributed by atoms with Crippen LogP contribution in [0.1, 0.15) is 22.4 Å². The molecule has 0 radical (unpaired) electrons. The summed E-state index contributed by atoms with van der Waals surface area (Å²) in [5, 5.41) is 8.79. The standard InChI is InChI=1S/C9H6BrF2NS/c10-8-6-3-9(11,12)2-1-5(6)7(4-13)14-8/h1-3H2. The molecule has 0 spiro atoms. The van der Waals surface area contributed by atoms with Gasteiger partial charge < -0.3 is 0 Å². The van der Waals surface area contributed by atoms with E-state index in [1.165, 1.54) is 11.3 Å². The van der Waals surface area contributed by atoms with E-state index in [-0.39, 0.29) is 12.8 Å². The van der Waals surface area contributed by atoms with Crippen molar-refractivity contribution in [3.63, 3.8) is 0 Å². The van der Waals surface area contributed by atoms with Crippen LogP contribution in [0.5, 0.6) is 0 Å². The molecule has 0 saturated carbocycles. The van der Waals surface area contributed by atoms with E-state index < -0.39 is 5.92 Å². The Kier molecular flexibility index (Phi) is 2.36. The third-order valence-electron chi connectivity index (χ3n) is 2.35. The first-order valence-corrected chi connectivity index (χ1v) is 5.72. The first kappa shape index (κ1) is 10.1. The SMILES string of the molecule is N#Cc1sc(Br)c2c1CCC(F)(F)C2. The van der Waals surface area contributed by atoms with Crippen molar-refractivity contribution < 1.29 is 8.78 Å². The molecule has 1 heterocycles. The minimum absolute atomic E-state index is 0.141. The molecule has 0 aliphatic heterocycles. The lowest BCUT2D eigenvalue weighted by Crippen LogP contribution is -2.25. The van der Waals surface area contributed by atoms with Crippen LogP contribution in [-0.2, 0) is 12.8 Å². The predicted octanol–water partition coefficient (Wildman–Crippen LogP) is 3.51. The van der Waals surface area contributed by atoms with Gasteiger partial charge in [-0.1, -0.05) is 0 Å². The van der Waals surface area contributed by atoms with Gasteiger partial charge in [0.05, 0.1) is 3.79 Å². The number of fused-ring (bicyclic) bond motifs is 1. The van der Waals surface area contributed by atoms with E-state index in [0.717, 1.165) is 5.56 Å². The molecule has 5 heteroatoms. The normalized spacial score (nSPS) is 18.7. The van der Waals surface area contributed by atoms with E-state index in [9.17, 15) is 8.78 Å². The molecule has 0 unspecified atom stereocenters. The van der Waals surface area contributed by atoms with Gasteiger partial charge in [0.25, 0.3) is 5.92 Å². The Morgan fingerprint density at radius 2 is 2.14 bits per heavy atom. The number of halogens is 3. The maximum Gasteiger partial charge on any atom is 0.252 e. The van der Waals surface area contributed by atoms with Gasteiger partial charge in [0.15, 0.2) is 0 Å². The van der Waals surface area contributed by atoms with Gasteiger partial charge in [-0.15, -0.1) is 11.3 Å². The van der Waals surface area contributed by atoms with Crippen molar-refractivity contribution in [2.75, 3.05) is 0 Å². The molecule has 0 aromatic carbocycles. The Balaban J connectivity index is 2.49. The smallest absolute Gasteiger partial charge is 0.207 e. The number of thiophene rings is 1. The van der Waals surface area contributed by atoms with Gasteiger partial charge in [-0.05, 0) is 33.5 Å². The summed E-state index contributed by atoms with van der Waals surface area (Å²) in [5.74, 6) is -2.61. The second-order valence-corrected chi connectivity index (χ2v) is 5.65. The van der Waals surface area contributed by atoms with Crippen LogP contribution in [0.25, 0.3) is 0 Å². The van der Waals surface area contributed by atoms with E-state index in [2.05, 4.69) is 15.9 Å². The van der Waals surface area contributed by atoms with Gasteiger partial charge >= 0.3 is 0 Å². The summed E-state index contributed by atoms with van der Waals surface area (Å²) in [5.41, 5.74) is 1.44. The summed E-state index contributed by atoms with van der Waals surface area (Å²) in [7, 11) is 0. The fourth-order valence-electron chi connectivity index (χ4n) is 1.65. The average molecular weight is 278 g/mol. The monoisotopic (exact) mass is 277 g/mol. The molecular formula is C9H6BrF2NS. The summed E-state index contributed by atoms with van der Waals surface area (Å²) in [6.45, 7) is 0. The van der Waals surface area contributed by atoms with Crippen molar-refractivity contribution >= 4 is 27.3 Å². The quantitative estimate of drug-likeness (QED) is 0.712. The van der Waals surface area contributed by atoms with E-state index in [1.54, 1.807) is 0 Å². The molecule has 1 aromatic heterocycles. The van der Waals surface area contributed by atoms with Crippen molar-refractivity contribution in [3.05, 3.63) is 19.8 Å². The Morgan fingerprint density at radius 1 is 1.43 bits per heavy atom. The Bertz CT molecular complexity index is 419. The first-order chi connectivity index (χ1) is 6.53. The fraction of sp³-hybridized carbons (Fsp3) is 0.444. The molecule has 1 aliphatic carbocycles. The van der Waals surface area contributed by atoms with Gasteiger partial charge in [-0.2, -0.15) is 5.26 Å². The summed E-state index contributed by atoms with van der Waals surface area (Å²) in [6.07, 6.45) is -0.0632. The molecule has 1 aliphatic rings. The van der Waals surface area contributed by atoms with Crippen molar-refractivity contribution in [1.82, 2.24) is 0 Å². The molecule has 0 bridgehead atoms. The highest BCUT2D eigenvalue weighted by Crippen LogP contribution is 2.42. The topological polar surface area (TPSA) is 23.8 Å². The molecule has 1 nitrogen and oxygen atoms in total. The van der Waals surface area contributed by atoms with Crippen LogP contribution in [0.2, 0.25) is 0 Å². The van der Waals surface area contributed by atoms with Crippen LogP contribution in [0.3, 0.4) is 0 Å². The van der Waals surface area contributed by atoms with E-state index in [4.69, 9.17) is 5.26 Å². The molecule has 2 rings (SSSR count). The zero-order chi connectivity index (χ0) is 10.3. The van der Waals surface area contributed by atoms with Crippen LogP contribution in [0, 0.1) is 11.3 Å². The first-order valence-electron chi connectivity index (χ1n) is 4.11. The van der Waals surface area contributed by atoms with Gasteiger partial charge in [-0.3, -0.25) is 0 Å². The molecule has 0 N–H and O–H groups in total. The van der Waals surface area contributed by atoms with E-state index in [0.29, 0.717) is 20.6 Å². The predicted molar refractivity (Wildman–Crippen MR) is 53.7 cm³/mol. The molecule has 0 atom stereocenters. The minimum Gasteiger partial charge on any atom is -0.207 e. The van der Waals surface area contributed by atoms with Crippen LogP contribution in [-0.4, -0.2) is 5.92 Å². The van der Waals surface area contributed by atoms with Crippen LogP contribution >= 0.6 is 27.3 Å². The molecule has 74 valence electrons. The van der Waals surface area contributed by atoms with Gasteiger partial charge in [0.1, 0.15) is 10.9 Å². The van der Waals surface area contributed by atoms with Crippen molar-refractivity contribution in [3.8, 4) is 6.07 Å². The lowest BCUT2D eigenvalue weighted by Gasteiger charge is -2.22. The molecule has 1 aromatic rings. The molecule has 0 saturated heterocycles. The van der Waals surface area contributed by atoms with Crippen molar-refractivity contribution in [2.45, 2.75) is 25.2 Å². The summed E-state index contributed by atoms with van der Waals surface area (Å²) >= 11 is 4.48. The molecule has 0 fully saturated rings. The zero-order valence-corrected chi connectivity index (χ0v) is 9.51. The highest BCUT2D eigenvalue weighted by Gasteiger charge is 2.37. The Morgan fingerprint density at radius 3 is 2.79 bits per heavy atom. The molecule has 0 amide bonds. The Labute approximate surface area is 92.5 Å². The number of nitrogens with zero attached hydrogens (tertiary/aromatic N) is 1. The van der Waals surface area contributed by atoms with E-state index in [1.807, 2.05) is 6.07 Å². The second-order valence-electron chi connectivity index (χ2n) is 3.31. The summed E-state index contributed by atoms with van der Waals surface area (Å²) in [4.78, 5) is 0.572. The zero-order valence-electron chi connectivity index (χ0n) is 7.11. The maximum absolute atomic E-state index is 13.1. The Hall–Kier alpha value is -0.470. The number of hydrogen-bond acceptors (Lipinski definition) is 2. The largest absolute Gasteiger partial charge is 0.252 e. The second kappa shape index (κ2) is 3.28. The average Bonchev–Trinajstić information content (AvgIpc) is 2.41. The third-order valence-corrected chi connectivity index (χ3v) is 4.28. The fourth-order valence-corrected chi connectivity index (χ4v) is 3.41.